The standard InChI is InChI=1S/C20H16ClN5O2S/c1-11-7-15(20(28)25-12-4-5-14(18(22)27)17(21)8-12)16-9-23-26(19(16)24-11)10-13-3-2-6-29-13/h2-9H,10H2,1H3,(H2,22,27)(H,25,28). The molecule has 7 nitrogen and oxygen atoms in total. The molecule has 4 rings (SSSR count). The van der Waals surface area contributed by atoms with Gasteiger partial charge < -0.3 is 11.1 Å². The number of nitrogens with two attached hydrogens (primary N) is 1. The number of hydrogen-bond donors (Lipinski definition) is 2. The minimum absolute atomic E-state index is 0.176. The van der Waals surface area contributed by atoms with E-state index in [0.29, 0.717) is 34.5 Å². The Kier molecular flexibility index (Phi) is 5.04. The Hall–Kier alpha value is -3.23. The van der Waals surface area contributed by atoms with E-state index in [1.807, 2.05) is 24.4 Å². The number of carbonyl (C=O) groups excluding carboxylic acids is 2. The SMILES string of the molecule is Cc1cc(C(=O)Nc2ccc(C(N)=O)c(Cl)c2)c2cnn(Cc3cccs3)c2n1. The third-order valence-corrected chi connectivity index (χ3v) is 5.53. The zero-order valence-corrected chi connectivity index (χ0v) is 16.9. The van der Waals surface area contributed by atoms with E-state index >= 15 is 0 Å². The van der Waals surface area contributed by atoms with E-state index in [2.05, 4.69) is 15.4 Å². The fourth-order valence-electron chi connectivity index (χ4n) is 3.02. The zero-order chi connectivity index (χ0) is 20.5. The summed E-state index contributed by atoms with van der Waals surface area (Å²) < 4.78 is 1.78. The van der Waals surface area contributed by atoms with E-state index in [9.17, 15) is 9.59 Å². The van der Waals surface area contributed by atoms with Crippen molar-refractivity contribution in [1.82, 2.24) is 14.8 Å². The summed E-state index contributed by atoms with van der Waals surface area (Å²) in [5, 5.41) is 10.1. The van der Waals surface area contributed by atoms with Crippen LogP contribution in [0.2, 0.25) is 5.02 Å². The third-order valence-electron chi connectivity index (χ3n) is 4.36. The average Bonchev–Trinajstić information content (AvgIpc) is 3.31. The number of nitrogens with zero attached hydrogens (tertiary/aromatic N) is 3. The van der Waals surface area contributed by atoms with Gasteiger partial charge in [0, 0.05) is 16.3 Å². The highest BCUT2D eigenvalue weighted by molar-refractivity contribution is 7.09. The van der Waals surface area contributed by atoms with Crippen LogP contribution in [0.4, 0.5) is 5.69 Å². The summed E-state index contributed by atoms with van der Waals surface area (Å²) in [6.07, 6.45) is 1.65. The van der Waals surface area contributed by atoms with Crippen LogP contribution in [0.1, 0.15) is 31.3 Å². The molecule has 3 aromatic heterocycles. The van der Waals surface area contributed by atoms with E-state index in [1.165, 1.54) is 12.1 Å². The highest BCUT2D eigenvalue weighted by atomic mass is 35.5. The summed E-state index contributed by atoms with van der Waals surface area (Å²) in [4.78, 5) is 30.0. The quantitative estimate of drug-likeness (QED) is 0.506. The molecule has 0 aliphatic heterocycles. The first-order chi connectivity index (χ1) is 13.9. The zero-order valence-electron chi connectivity index (χ0n) is 15.3. The van der Waals surface area contributed by atoms with Gasteiger partial charge in [0.25, 0.3) is 5.91 Å². The maximum Gasteiger partial charge on any atom is 0.256 e. The molecule has 9 heteroatoms. The lowest BCUT2D eigenvalue weighted by Gasteiger charge is -2.09. The number of primary amides is 1. The number of anilines is 1. The van der Waals surface area contributed by atoms with E-state index < -0.39 is 5.91 Å². The van der Waals surface area contributed by atoms with Crippen molar-refractivity contribution in [3.8, 4) is 0 Å². The van der Waals surface area contributed by atoms with Crippen molar-refractivity contribution >= 4 is 51.5 Å². The second-order valence-corrected chi connectivity index (χ2v) is 7.88. The first kappa shape index (κ1) is 19.1. The lowest BCUT2D eigenvalue weighted by molar-refractivity contribution is 0.0998. The van der Waals surface area contributed by atoms with Crippen LogP contribution in [0, 0.1) is 6.92 Å². The van der Waals surface area contributed by atoms with Gasteiger partial charge in [0.2, 0.25) is 5.91 Å². The summed E-state index contributed by atoms with van der Waals surface area (Å²) in [6, 6.07) is 10.3. The number of pyridine rings is 1. The molecular formula is C20H16ClN5O2S. The number of carbonyl (C=O) groups is 2. The summed E-state index contributed by atoms with van der Waals surface area (Å²) in [5.41, 5.74) is 7.72. The molecule has 1 aromatic carbocycles. The number of rotatable bonds is 5. The highest BCUT2D eigenvalue weighted by Gasteiger charge is 2.17. The number of hydrogen-bond acceptors (Lipinski definition) is 5. The van der Waals surface area contributed by atoms with Gasteiger partial charge in [-0.3, -0.25) is 9.59 Å². The Morgan fingerprint density at radius 2 is 2.07 bits per heavy atom. The number of halogens is 1. The van der Waals surface area contributed by atoms with Gasteiger partial charge in [0.05, 0.1) is 34.3 Å². The first-order valence-electron chi connectivity index (χ1n) is 8.68. The molecule has 146 valence electrons. The lowest BCUT2D eigenvalue weighted by Crippen LogP contribution is -2.15. The normalized spacial score (nSPS) is 11.0. The number of aromatic nitrogens is 3. The molecule has 29 heavy (non-hydrogen) atoms. The van der Waals surface area contributed by atoms with Gasteiger partial charge in [0.1, 0.15) is 0 Å². The molecule has 0 saturated carbocycles. The molecule has 0 atom stereocenters. The molecule has 0 saturated heterocycles. The van der Waals surface area contributed by atoms with Crippen molar-refractivity contribution in [3.05, 3.63) is 74.7 Å². The molecule has 0 unspecified atom stereocenters. The Balaban J connectivity index is 1.66. The smallest absolute Gasteiger partial charge is 0.256 e. The molecule has 0 spiro atoms. The third kappa shape index (κ3) is 3.85. The number of aryl methyl sites for hydroxylation is 1. The number of thiophene rings is 1. The molecule has 0 fully saturated rings. The average molecular weight is 426 g/mol. The Bertz CT molecular complexity index is 1230. The van der Waals surface area contributed by atoms with Crippen LogP contribution in [0.5, 0.6) is 0 Å². The van der Waals surface area contributed by atoms with Gasteiger partial charge in [-0.15, -0.1) is 11.3 Å². The van der Waals surface area contributed by atoms with Crippen molar-refractivity contribution in [2.45, 2.75) is 13.5 Å². The van der Waals surface area contributed by atoms with Crippen molar-refractivity contribution in [3.63, 3.8) is 0 Å². The van der Waals surface area contributed by atoms with Crippen LogP contribution in [-0.2, 0) is 6.54 Å². The van der Waals surface area contributed by atoms with Crippen LogP contribution < -0.4 is 11.1 Å². The van der Waals surface area contributed by atoms with Crippen LogP contribution in [0.15, 0.2) is 48.0 Å². The maximum absolute atomic E-state index is 12.9. The van der Waals surface area contributed by atoms with Gasteiger partial charge in [0.15, 0.2) is 5.65 Å². The fraction of sp³-hybridized carbons (Fsp3) is 0.100. The van der Waals surface area contributed by atoms with Crippen LogP contribution >= 0.6 is 22.9 Å². The minimum Gasteiger partial charge on any atom is -0.366 e. The van der Waals surface area contributed by atoms with Crippen LogP contribution in [-0.4, -0.2) is 26.6 Å². The molecule has 0 bridgehead atoms. The van der Waals surface area contributed by atoms with Crippen LogP contribution in [0.3, 0.4) is 0 Å². The molecule has 0 aliphatic carbocycles. The van der Waals surface area contributed by atoms with Gasteiger partial charge in [-0.25, -0.2) is 9.67 Å². The molecule has 2 amide bonds. The molecular weight excluding hydrogens is 410 g/mol. The lowest BCUT2D eigenvalue weighted by atomic mass is 10.1. The first-order valence-corrected chi connectivity index (χ1v) is 9.94. The summed E-state index contributed by atoms with van der Waals surface area (Å²) in [5.74, 6) is -0.948. The number of fused-ring (bicyclic) bond motifs is 1. The summed E-state index contributed by atoms with van der Waals surface area (Å²) >= 11 is 7.71. The van der Waals surface area contributed by atoms with Gasteiger partial charge >= 0.3 is 0 Å². The predicted molar refractivity (Wildman–Crippen MR) is 114 cm³/mol. The number of benzene rings is 1. The maximum atomic E-state index is 12.9. The van der Waals surface area contributed by atoms with Crippen molar-refractivity contribution in [2.24, 2.45) is 5.73 Å². The van der Waals surface area contributed by atoms with Gasteiger partial charge in [-0.2, -0.15) is 5.10 Å². The largest absolute Gasteiger partial charge is 0.366 e. The van der Waals surface area contributed by atoms with E-state index in [4.69, 9.17) is 17.3 Å². The topological polar surface area (TPSA) is 103 Å². The second-order valence-electron chi connectivity index (χ2n) is 6.44. The second kappa shape index (κ2) is 7.65. The van der Waals surface area contributed by atoms with E-state index in [-0.39, 0.29) is 16.5 Å². The van der Waals surface area contributed by atoms with Crippen molar-refractivity contribution in [2.75, 3.05) is 5.32 Å². The molecule has 4 aromatic rings. The van der Waals surface area contributed by atoms with Gasteiger partial charge in [-0.1, -0.05) is 17.7 Å². The van der Waals surface area contributed by atoms with Gasteiger partial charge in [-0.05, 0) is 42.6 Å². The fourth-order valence-corrected chi connectivity index (χ4v) is 3.98. The Morgan fingerprint density at radius 1 is 1.24 bits per heavy atom. The summed E-state index contributed by atoms with van der Waals surface area (Å²) in [7, 11) is 0. The molecule has 3 heterocycles. The number of nitrogens with one attached hydrogen (secondary N) is 1. The molecule has 0 radical (unpaired) electrons. The Morgan fingerprint density at radius 3 is 2.76 bits per heavy atom. The van der Waals surface area contributed by atoms with E-state index in [1.54, 1.807) is 34.3 Å². The molecule has 3 N–H and O–H groups in total. The van der Waals surface area contributed by atoms with Crippen molar-refractivity contribution < 1.29 is 9.59 Å². The van der Waals surface area contributed by atoms with Crippen LogP contribution in [0.25, 0.3) is 11.0 Å². The van der Waals surface area contributed by atoms with Crippen molar-refractivity contribution in [1.29, 1.82) is 0 Å². The van der Waals surface area contributed by atoms with E-state index in [0.717, 1.165) is 4.88 Å². The monoisotopic (exact) mass is 425 g/mol. The number of amides is 2. The Labute approximate surface area is 175 Å². The summed E-state index contributed by atoms with van der Waals surface area (Å²) in [6.45, 7) is 2.42. The predicted octanol–water partition coefficient (Wildman–Crippen LogP) is 3.85. The molecule has 0 aliphatic rings. The highest BCUT2D eigenvalue weighted by Crippen LogP contribution is 2.24. The minimum atomic E-state index is -0.627.